The fraction of sp³-hybridized carbons (Fsp3) is 0.250. The van der Waals surface area contributed by atoms with Crippen molar-refractivity contribution in [3.05, 3.63) is 94.3 Å². The number of carbonyl (C=O) groups is 2. The summed E-state index contributed by atoms with van der Waals surface area (Å²) in [6.45, 7) is 0.0438. The van der Waals surface area contributed by atoms with Crippen LogP contribution in [0.5, 0.6) is 0 Å². The molecule has 1 atom stereocenters. The van der Waals surface area contributed by atoms with Gasteiger partial charge in [0.15, 0.2) is 0 Å². The zero-order chi connectivity index (χ0) is 29.4. The molecular weight excluding hydrogens is 554 g/mol. The lowest BCUT2D eigenvalue weighted by Crippen LogP contribution is -2.25. The first-order chi connectivity index (χ1) is 19.4. The number of fused-ring (bicyclic) bond motifs is 1. The minimum absolute atomic E-state index is 0.0251. The lowest BCUT2D eigenvalue weighted by molar-refractivity contribution is -0.138. The van der Waals surface area contributed by atoms with Crippen molar-refractivity contribution in [1.29, 1.82) is 0 Å². The predicted molar refractivity (Wildman–Crippen MR) is 136 cm³/mol. The molecule has 2 amide bonds. The van der Waals surface area contributed by atoms with E-state index in [1.165, 1.54) is 36.4 Å². The summed E-state index contributed by atoms with van der Waals surface area (Å²) in [4.78, 5) is 33.7. The van der Waals surface area contributed by atoms with Crippen molar-refractivity contribution < 1.29 is 40.7 Å². The van der Waals surface area contributed by atoms with E-state index in [-0.39, 0.29) is 34.0 Å². The second-order valence-electron chi connectivity index (χ2n) is 9.38. The highest BCUT2D eigenvalue weighted by Crippen LogP contribution is 2.34. The van der Waals surface area contributed by atoms with E-state index in [1.54, 1.807) is 0 Å². The Morgan fingerprint density at radius 2 is 1.59 bits per heavy atom. The number of alkyl halides is 6. The molecule has 1 aliphatic rings. The lowest BCUT2D eigenvalue weighted by Gasteiger charge is -2.14. The van der Waals surface area contributed by atoms with E-state index in [9.17, 15) is 35.9 Å². The molecule has 7 nitrogen and oxygen atoms in total. The molecule has 214 valence electrons. The third-order valence-corrected chi connectivity index (χ3v) is 6.58. The molecule has 5 rings (SSSR count). The van der Waals surface area contributed by atoms with Crippen LogP contribution >= 0.6 is 0 Å². The van der Waals surface area contributed by atoms with E-state index < -0.39 is 47.4 Å². The predicted octanol–water partition coefficient (Wildman–Crippen LogP) is 6.63. The minimum Gasteiger partial charge on any atom is -0.370 e. The molecule has 0 saturated carbocycles. The Morgan fingerprint density at radius 1 is 0.902 bits per heavy atom. The lowest BCUT2D eigenvalue weighted by atomic mass is 10.1. The number of hydrogen-bond donors (Lipinski definition) is 3. The Labute approximate surface area is 228 Å². The Morgan fingerprint density at radius 3 is 2.27 bits per heavy atom. The van der Waals surface area contributed by atoms with E-state index in [2.05, 4.69) is 20.6 Å². The van der Waals surface area contributed by atoms with Crippen molar-refractivity contribution >= 4 is 28.5 Å². The number of aromatic amines is 1. The first-order valence-electron chi connectivity index (χ1n) is 12.5. The average Bonchev–Trinajstić information content (AvgIpc) is 3.61. The molecular formula is C28H22F6N4O3. The molecule has 0 radical (unpaired) electrons. The van der Waals surface area contributed by atoms with Gasteiger partial charge in [-0.3, -0.25) is 9.59 Å². The Bertz CT molecular complexity index is 1610. The Hall–Kier alpha value is -4.39. The molecule has 1 aliphatic heterocycles. The molecule has 41 heavy (non-hydrogen) atoms. The van der Waals surface area contributed by atoms with E-state index >= 15 is 0 Å². The van der Waals surface area contributed by atoms with Crippen molar-refractivity contribution in [2.75, 3.05) is 11.9 Å². The van der Waals surface area contributed by atoms with E-state index in [0.717, 1.165) is 30.7 Å². The maximum Gasteiger partial charge on any atom is 0.417 e. The van der Waals surface area contributed by atoms with Crippen molar-refractivity contribution in [1.82, 2.24) is 15.3 Å². The van der Waals surface area contributed by atoms with Gasteiger partial charge in [-0.05, 0) is 48.7 Å². The van der Waals surface area contributed by atoms with Crippen molar-refractivity contribution in [2.45, 2.75) is 37.8 Å². The van der Waals surface area contributed by atoms with Crippen LogP contribution in [0.4, 0.5) is 32.0 Å². The molecule has 3 aromatic carbocycles. The van der Waals surface area contributed by atoms with Gasteiger partial charge < -0.3 is 20.4 Å². The summed E-state index contributed by atoms with van der Waals surface area (Å²) in [6, 6.07) is 11.6. The number of rotatable bonds is 6. The van der Waals surface area contributed by atoms with Gasteiger partial charge in [0, 0.05) is 18.8 Å². The highest BCUT2D eigenvalue weighted by molar-refractivity contribution is 6.10. The molecule has 4 aromatic rings. The molecule has 0 bridgehead atoms. The topological polar surface area (TPSA) is 96.1 Å². The normalized spacial score (nSPS) is 15.7. The van der Waals surface area contributed by atoms with Gasteiger partial charge in [0.05, 0.1) is 27.8 Å². The van der Waals surface area contributed by atoms with Crippen molar-refractivity contribution in [2.24, 2.45) is 0 Å². The number of hydrogen-bond acceptors (Lipinski definition) is 4. The minimum atomic E-state index is -4.78. The van der Waals surface area contributed by atoms with E-state index in [4.69, 9.17) is 4.74 Å². The fourth-order valence-electron chi connectivity index (χ4n) is 4.68. The fourth-order valence-corrected chi connectivity index (χ4v) is 4.68. The molecule has 3 N–H and O–H groups in total. The number of amides is 2. The van der Waals surface area contributed by atoms with Crippen LogP contribution in [0.3, 0.4) is 0 Å². The van der Waals surface area contributed by atoms with Crippen LogP contribution < -0.4 is 10.6 Å². The smallest absolute Gasteiger partial charge is 0.370 e. The Balaban J connectivity index is 1.49. The average molecular weight is 576 g/mol. The third-order valence-electron chi connectivity index (χ3n) is 6.58. The number of halogens is 6. The van der Waals surface area contributed by atoms with Crippen LogP contribution in [0.15, 0.2) is 60.7 Å². The largest absolute Gasteiger partial charge is 0.417 e. The monoisotopic (exact) mass is 576 g/mol. The second kappa shape index (κ2) is 10.9. The standard InChI is InChI=1S/C28H22F6N4O3/c29-27(30,31)19-8-3-1-6-15(19)14-35-25(39)18-12-16(13-21-23(18)38-24(37-21)22-10-5-11-41-22)36-26(40)17-7-2-4-9-20(17)28(32,33)34/h1-4,6-9,12-13,22H,5,10-11,14H2,(H,35,39)(H,36,40)(H,37,38)/t22-/m0/s1. The summed E-state index contributed by atoms with van der Waals surface area (Å²) in [7, 11) is 0. The van der Waals surface area contributed by atoms with Crippen molar-refractivity contribution in [3.8, 4) is 0 Å². The van der Waals surface area contributed by atoms with Crippen molar-refractivity contribution in [3.63, 3.8) is 0 Å². The van der Waals surface area contributed by atoms with Crippen LogP contribution in [0, 0.1) is 0 Å². The number of H-pyrrole nitrogens is 1. The molecule has 1 saturated heterocycles. The highest BCUT2D eigenvalue weighted by Gasteiger charge is 2.35. The number of benzene rings is 3. The third kappa shape index (κ3) is 6.04. The number of ether oxygens (including phenoxy) is 1. The SMILES string of the molecule is O=C(Nc1cc(C(=O)NCc2ccccc2C(F)(F)F)c2nc([C@@H]3CCCO3)[nH]c2c1)c1ccccc1C(F)(F)F. The van der Waals surface area contributed by atoms with E-state index in [1.807, 2.05) is 0 Å². The number of anilines is 1. The van der Waals surface area contributed by atoms with Gasteiger partial charge in [-0.15, -0.1) is 0 Å². The van der Waals surface area contributed by atoms with Crippen LogP contribution in [0.2, 0.25) is 0 Å². The first-order valence-corrected chi connectivity index (χ1v) is 12.5. The molecule has 2 heterocycles. The summed E-state index contributed by atoms with van der Waals surface area (Å²) >= 11 is 0. The molecule has 0 spiro atoms. The second-order valence-corrected chi connectivity index (χ2v) is 9.38. The maximum absolute atomic E-state index is 13.5. The maximum atomic E-state index is 13.5. The van der Waals surface area contributed by atoms with E-state index in [0.29, 0.717) is 18.9 Å². The zero-order valence-corrected chi connectivity index (χ0v) is 21.1. The summed E-state index contributed by atoms with van der Waals surface area (Å²) in [5.41, 5.74) is -2.53. The molecule has 1 fully saturated rings. The summed E-state index contributed by atoms with van der Waals surface area (Å²) in [5.74, 6) is -1.47. The van der Waals surface area contributed by atoms with Crippen LogP contribution in [-0.4, -0.2) is 28.4 Å². The number of aromatic nitrogens is 2. The van der Waals surface area contributed by atoms with Gasteiger partial charge in [-0.1, -0.05) is 30.3 Å². The number of carbonyl (C=O) groups excluding carboxylic acids is 2. The highest BCUT2D eigenvalue weighted by atomic mass is 19.4. The van der Waals surface area contributed by atoms with Gasteiger partial charge in [0.1, 0.15) is 17.4 Å². The summed E-state index contributed by atoms with van der Waals surface area (Å²) < 4.78 is 86.3. The van der Waals surface area contributed by atoms with Gasteiger partial charge >= 0.3 is 12.4 Å². The van der Waals surface area contributed by atoms with Gasteiger partial charge in [0.25, 0.3) is 11.8 Å². The molecule has 0 unspecified atom stereocenters. The van der Waals surface area contributed by atoms with Crippen LogP contribution in [0.1, 0.15) is 62.2 Å². The molecule has 13 heteroatoms. The van der Waals surface area contributed by atoms with Crippen LogP contribution in [-0.2, 0) is 23.6 Å². The molecule has 0 aliphatic carbocycles. The van der Waals surface area contributed by atoms with Gasteiger partial charge in [-0.2, -0.15) is 26.3 Å². The van der Waals surface area contributed by atoms with Gasteiger partial charge in [0.2, 0.25) is 0 Å². The Kier molecular flexibility index (Phi) is 7.47. The first kappa shape index (κ1) is 28.1. The summed E-state index contributed by atoms with van der Waals surface area (Å²) in [6.07, 6.45) is -8.35. The number of nitrogens with one attached hydrogen (secondary N) is 3. The van der Waals surface area contributed by atoms with Crippen LogP contribution in [0.25, 0.3) is 11.0 Å². The van der Waals surface area contributed by atoms with Gasteiger partial charge in [-0.25, -0.2) is 4.98 Å². The quantitative estimate of drug-likeness (QED) is 0.225. The molecule has 1 aromatic heterocycles. The summed E-state index contributed by atoms with van der Waals surface area (Å²) in [5, 5.41) is 4.85. The number of nitrogens with zero attached hydrogens (tertiary/aromatic N) is 1. The zero-order valence-electron chi connectivity index (χ0n) is 21.1. The number of imidazole rings is 1.